The fourth-order valence-electron chi connectivity index (χ4n) is 1.98. The average molecular weight is 280 g/mol. The van der Waals surface area contributed by atoms with Gasteiger partial charge in [-0.15, -0.1) is 0 Å². The Morgan fingerprint density at radius 2 is 2.00 bits per heavy atom. The van der Waals surface area contributed by atoms with Crippen molar-refractivity contribution in [2.24, 2.45) is 7.05 Å². The molecule has 6 heteroatoms. The summed E-state index contributed by atoms with van der Waals surface area (Å²) in [6.07, 6.45) is 5.33. The van der Waals surface area contributed by atoms with E-state index >= 15 is 0 Å². The molecule has 0 aliphatic heterocycles. The molecule has 104 valence electrons. The zero-order valence-corrected chi connectivity index (χ0v) is 11.3. The number of aromatic nitrogens is 4. The van der Waals surface area contributed by atoms with Crippen LogP contribution in [0.15, 0.2) is 36.5 Å². The molecule has 3 rings (SSSR count). The highest BCUT2D eigenvalue weighted by Gasteiger charge is 2.04. The molecule has 0 atom stereocenters. The summed E-state index contributed by atoms with van der Waals surface area (Å²) in [4.78, 5) is 16.9. The summed E-state index contributed by atoms with van der Waals surface area (Å²) in [5.41, 5.74) is 2.53. The molecule has 21 heavy (non-hydrogen) atoms. The maximum absolute atomic E-state index is 10.9. The highest BCUT2D eigenvalue weighted by molar-refractivity contribution is 5.93. The molecule has 0 saturated carbocycles. The van der Waals surface area contributed by atoms with E-state index in [1.165, 1.54) is 4.80 Å². The molecule has 0 fully saturated rings. The van der Waals surface area contributed by atoms with Crippen molar-refractivity contribution in [3.8, 4) is 0 Å². The lowest BCUT2D eigenvalue weighted by Crippen LogP contribution is -1.95. The van der Waals surface area contributed by atoms with Crippen LogP contribution in [-0.4, -0.2) is 31.1 Å². The van der Waals surface area contributed by atoms with Crippen molar-refractivity contribution in [2.45, 2.75) is 0 Å². The normalized spacial score (nSPS) is 11.3. The molecule has 3 aromatic rings. The van der Waals surface area contributed by atoms with E-state index in [0.29, 0.717) is 0 Å². The van der Waals surface area contributed by atoms with E-state index in [2.05, 4.69) is 15.2 Å². The van der Waals surface area contributed by atoms with Crippen LogP contribution >= 0.6 is 0 Å². The third-order valence-electron chi connectivity index (χ3n) is 3.00. The van der Waals surface area contributed by atoms with Crippen molar-refractivity contribution in [3.05, 3.63) is 53.5 Å². The first-order valence-corrected chi connectivity index (χ1v) is 6.30. The molecule has 6 nitrogen and oxygen atoms in total. The van der Waals surface area contributed by atoms with Gasteiger partial charge in [0.05, 0.1) is 23.0 Å². The van der Waals surface area contributed by atoms with Crippen molar-refractivity contribution in [1.82, 2.24) is 20.0 Å². The van der Waals surface area contributed by atoms with Crippen molar-refractivity contribution >= 4 is 29.0 Å². The lowest BCUT2D eigenvalue weighted by Gasteiger charge is -2.00. The van der Waals surface area contributed by atoms with Gasteiger partial charge in [-0.05, 0) is 36.4 Å². The second kappa shape index (κ2) is 5.16. The van der Waals surface area contributed by atoms with Gasteiger partial charge in [-0.3, -0.25) is 0 Å². The molecule has 1 aromatic carbocycles. The van der Waals surface area contributed by atoms with Gasteiger partial charge in [-0.25, -0.2) is 9.78 Å². The third-order valence-corrected chi connectivity index (χ3v) is 3.00. The standard InChI is InChI=1S/C15H12N4O2/c1-19-16-9-13(18-19)6-5-12-4-2-10-8-11(15(20)21)3-7-14(10)17-12/h2-9H,1H3,(H,20,21)/b6-5+. The van der Waals surface area contributed by atoms with E-state index in [-0.39, 0.29) is 5.56 Å². The first kappa shape index (κ1) is 13.0. The number of carboxylic acid groups (broad SMARTS) is 1. The van der Waals surface area contributed by atoms with Crippen molar-refractivity contribution in [3.63, 3.8) is 0 Å². The summed E-state index contributed by atoms with van der Waals surface area (Å²) >= 11 is 0. The molecule has 0 radical (unpaired) electrons. The summed E-state index contributed by atoms with van der Waals surface area (Å²) in [5.74, 6) is -0.941. The molecule has 1 N–H and O–H groups in total. The smallest absolute Gasteiger partial charge is 0.335 e. The Hall–Kier alpha value is -3.02. The summed E-state index contributed by atoms with van der Waals surface area (Å²) < 4.78 is 0. The van der Waals surface area contributed by atoms with Crippen molar-refractivity contribution in [2.75, 3.05) is 0 Å². The number of carbonyl (C=O) groups is 1. The Morgan fingerprint density at radius 3 is 2.71 bits per heavy atom. The second-order valence-electron chi connectivity index (χ2n) is 4.54. The number of benzene rings is 1. The Labute approximate surface area is 120 Å². The first-order valence-electron chi connectivity index (χ1n) is 6.30. The minimum atomic E-state index is -0.941. The van der Waals surface area contributed by atoms with Gasteiger partial charge in [0.15, 0.2) is 0 Å². The number of hydrogen-bond donors (Lipinski definition) is 1. The molecule has 0 unspecified atom stereocenters. The quantitative estimate of drug-likeness (QED) is 0.795. The number of aryl methyl sites for hydroxylation is 1. The number of nitrogens with zero attached hydrogens (tertiary/aromatic N) is 4. The SMILES string of the molecule is Cn1ncc(/C=C/c2ccc3cc(C(=O)O)ccc3n2)n1. The number of pyridine rings is 1. The Morgan fingerprint density at radius 1 is 1.19 bits per heavy atom. The van der Waals surface area contributed by atoms with E-state index < -0.39 is 5.97 Å². The fourth-order valence-corrected chi connectivity index (χ4v) is 1.98. The van der Waals surface area contributed by atoms with Crippen LogP contribution in [0, 0.1) is 0 Å². The third kappa shape index (κ3) is 2.79. The van der Waals surface area contributed by atoms with Crippen LogP contribution in [0.1, 0.15) is 21.7 Å². The Balaban J connectivity index is 1.92. The van der Waals surface area contributed by atoms with E-state index in [1.54, 1.807) is 31.4 Å². The zero-order valence-electron chi connectivity index (χ0n) is 11.3. The van der Waals surface area contributed by atoms with Gasteiger partial charge < -0.3 is 5.11 Å². The van der Waals surface area contributed by atoms with Crippen LogP contribution < -0.4 is 0 Å². The number of rotatable bonds is 3. The highest BCUT2D eigenvalue weighted by Crippen LogP contribution is 2.16. The minimum absolute atomic E-state index is 0.257. The molecule has 0 aliphatic rings. The van der Waals surface area contributed by atoms with Crippen LogP contribution in [0.4, 0.5) is 0 Å². The van der Waals surface area contributed by atoms with E-state index in [9.17, 15) is 4.79 Å². The monoisotopic (exact) mass is 280 g/mol. The predicted molar refractivity (Wildman–Crippen MR) is 78.6 cm³/mol. The number of aromatic carboxylic acids is 1. The van der Waals surface area contributed by atoms with Crippen LogP contribution in [0.3, 0.4) is 0 Å². The molecule has 0 aliphatic carbocycles. The largest absolute Gasteiger partial charge is 0.478 e. The van der Waals surface area contributed by atoms with Gasteiger partial charge >= 0.3 is 5.97 Å². The van der Waals surface area contributed by atoms with Gasteiger partial charge in [-0.1, -0.05) is 6.07 Å². The first-order chi connectivity index (χ1) is 10.1. The summed E-state index contributed by atoms with van der Waals surface area (Å²) in [7, 11) is 1.76. The van der Waals surface area contributed by atoms with E-state index in [4.69, 9.17) is 5.11 Å². The zero-order chi connectivity index (χ0) is 14.8. The van der Waals surface area contributed by atoms with Gasteiger partial charge in [0.2, 0.25) is 0 Å². The summed E-state index contributed by atoms with van der Waals surface area (Å²) in [5, 5.41) is 17.9. The molecule has 0 bridgehead atoms. The summed E-state index contributed by atoms with van der Waals surface area (Å²) in [6.45, 7) is 0. The molecule has 0 saturated heterocycles. The fraction of sp³-hybridized carbons (Fsp3) is 0.0667. The van der Waals surface area contributed by atoms with Crippen LogP contribution in [0.5, 0.6) is 0 Å². The minimum Gasteiger partial charge on any atom is -0.478 e. The molecule has 2 aromatic heterocycles. The lowest BCUT2D eigenvalue weighted by atomic mass is 10.1. The Bertz CT molecular complexity index is 852. The van der Waals surface area contributed by atoms with Crippen LogP contribution in [-0.2, 0) is 7.05 Å². The highest BCUT2D eigenvalue weighted by atomic mass is 16.4. The van der Waals surface area contributed by atoms with E-state index in [1.807, 2.05) is 24.3 Å². The number of carboxylic acids is 1. The topological polar surface area (TPSA) is 80.9 Å². The van der Waals surface area contributed by atoms with Gasteiger partial charge in [0.1, 0.15) is 5.69 Å². The molecular weight excluding hydrogens is 268 g/mol. The lowest BCUT2D eigenvalue weighted by molar-refractivity contribution is 0.0697. The van der Waals surface area contributed by atoms with Crippen molar-refractivity contribution < 1.29 is 9.90 Å². The van der Waals surface area contributed by atoms with Crippen LogP contribution in [0.2, 0.25) is 0 Å². The average Bonchev–Trinajstić information content (AvgIpc) is 2.90. The maximum atomic E-state index is 10.9. The second-order valence-corrected chi connectivity index (χ2v) is 4.54. The molecule has 0 amide bonds. The maximum Gasteiger partial charge on any atom is 0.335 e. The van der Waals surface area contributed by atoms with E-state index in [0.717, 1.165) is 22.3 Å². The van der Waals surface area contributed by atoms with Gasteiger partial charge in [-0.2, -0.15) is 15.0 Å². The molecular formula is C15H12N4O2. The van der Waals surface area contributed by atoms with Crippen molar-refractivity contribution in [1.29, 1.82) is 0 Å². The summed E-state index contributed by atoms with van der Waals surface area (Å²) in [6, 6.07) is 8.55. The molecule has 2 heterocycles. The number of hydrogen-bond acceptors (Lipinski definition) is 4. The number of fused-ring (bicyclic) bond motifs is 1. The van der Waals surface area contributed by atoms with Gasteiger partial charge in [0.25, 0.3) is 0 Å². The van der Waals surface area contributed by atoms with Gasteiger partial charge in [0, 0.05) is 12.4 Å². The predicted octanol–water partition coefficient (Wildman–Crippen LogP) is 2.23. The molecule has 0 spiro atoms. The Kier molecular flexibility index (Phi) is 3.19. The van der Waals surface area contributed by atoms with Crippen LogP contribution in [0.25, 0.3) is 23.1 Å².